The van der Waals surface area contributed by atoms with Crippen LogP contribution < -0.4 is 11.1 Å². The fourth-order valence-electron chi connectivity index (χ4n) is 1.64. The molecule has 0 aliphatic carbocycles. The van der Waals surface area contributed by atoms with Crippen molar-refractivity contribution in [1.82, 2.24) is 10.2 Å². The van der Waals surface area contributed by atoms with Crippen LogP contribution in [-0.4, -0.2) is 54.5 Å². The zero-order valence-electron chi connectivity index (χ0n) is 11.5. The Hall–Kier alpha value is -0.910. The number of nitrogens with zero attached hydrogens (tertiary/aromatic N) is 2. The molecule has 1 rings (SSSR count). The number of amides is 1. The Morgan fingerprint density at radius 3 is 2.61 bits per heavy atom. The topological polar surface area (TPSA) is 70.7 Å². The first-order valence-electron chi connectivity index (χ1n) is 6.38. The van der Waals surface area contributed by atoms with Crippen LogP contribution in [0.2, 0.25) is 0 Å². The molecule has 0 saturated carbocycles. The third kappa shape index (κ3) is 4.40. The van der Waals surface area contributed by atoms with Crippen molar-refractivity contribution in [3.8, 4) is 0 Å². The lowest BCUT2D eigenvalue weighted by Crippen LogP contribution is -2.44. The molecule has 5 nitrogen and oxygen atoms in total. The Bertz CT molecular complexity index is 311. The maximum atomic E-state index is 11.8. The summed E-state index contributed by atoms with van der Waals surface area (Å²) in [5.41, 5.74) is 5.46. The fourth-order valence-corrected chi connectivity index (χ4v) is 2.55. The summed E-state index contributed by atoms with van der Waals surface area (Å²) in [4.78, 5) is 18.3. The molecular weight excluding hydrogens is 248 g/mol. The molecule has 3 N–H and O–H groups in total. The number of thioether (sulfide) groups is 1. The number of guanidine groups is 1. The van der Waals surface area contributed by atoms with E-state index in [9.17, 15) is 4.79 Å². The Kier molecular flexibility index (Phi) is 5.78. The summed E-state index contributed by atoms with van der Waals surface area (Å²) < 4.78 is 0. The lowest BCUT2D eigenvalue weighted by molar-refractivity contribution is -0.128. The average molecular weight is 272 g/mol. The van der Waals surface area contributed by atoms with Crippen molar-refractivity contribution in [2.24, 2.45) is 16.1 Å². The van der Waals surface area contributed by atoms with Crippen molar-refractivity contribution in [2.75, 3.05) is 37.7 Å². The van der Waals surface area contributed by atoms with Crippen LogP contribution in [0.1, 0.15) is 20.8 Å². The van der Waals surface area contributed by atoms with Gasteiger partial charge < -0.3 is 16.0 Å². The van der Waals surface area contributed by atoms with Crippen LogP contribution in [0.15, 0.2) is 4.99 Å². The van der Waals surface area contributed by atoms with E-state index >= 15 is 0 Å². The number of carbonyl (C=O) groups is 1. The monoisotopic (exact) mass is 272 g/mol. The lowest BCUT2D eigenvalue weighted by Gasteiger charge is -2.28. The normalized spacial score (nSPS) is 17.7. The number of hydrogen-bond acceptors (Lipinski definition) is 3. The van der Waals surface area contributed by atoms with E-state index in [0.717, 1.165) is 24.6 Å². The molecule has 0 radical (unpaired) electrons. The van der Waals surface area contributed by atoms with E-state index in [1.807, 2.05) is 32.5 Å². The second-order valence-corrected chi connectivity index (χ2v) is 6.24. The standard InChI is InChI=1S/C12H24N4OS/c1-4-14-10(17)12(2,3)9-15-11(13)16-5-7-18-8-6-16/h4-9H2,1-3H3,(H2,13,15)(H,14,17). The van der Waals surface area contributed by atoms with Gasteiger partial charge in [0.2, 0.25) is 5.91 Å². The summed E-state index contributed by atoms with van der Waals surface area (Å²) in [6, 6.07) is 0. The molecule has 18 heavy (non-hydrogen) atoms. The van der Waals surface area contributed by atoms with Gasteiger partial charge in [0.1, 0.15) is 0 Å². The van der Waals surface area contributed by atoms with E-state index in [1.54, 1.807) is 0 Å². The predicted molar refractivity (Wildman–Crippen MR) is 77.9 cm³/mol. The van der Waals surface area contributed by atoms with E-state index in [-0.39, 0.29) is 5.91 Å². The Labute approximate surface area is 114 Å². The van der Waals surface area contributed by atoms with Crippen LogP contribution in [0.3, 0.4) is 0 Å². The number of nitrogens with two attached hydrogens (primary N) is 1. The first-order chi connectivity index (χ1) is 8.47. The quantitative estimate of drug-likeness (QED) is 0.578. The van der Waals surface area contributed by atoms with Crippen LogP contribution in [0.4, 0.5) is 0 Å². The highest BCUT2D eigenvalue weighted by Gasteiger charge is 2.27. The SMILES string of the molecule is CCNC(=O)C(C)(C)CN=C(N)N1CCSCC1. The maximum absolute atomic E-state index is 11.8. The highest BCUT2D eigenvalue weighted by atomic mass is 32.2. The largest absolute Gasteiger partial charge is 0.370 e. The molecule has 1 amide bonds. The molecule has 0 spiro atoms. The van der Waals surface area contributed by atoms with Crippen LogP contribution in [0.5, 0.6) is 0 Å². The first kappa shape index (κ1) is 15.1. The van der Waals surface area contributed by atoms with E-state index in [2.05, 4.69) is 15.2 Å². The molecular formula is C12H24N4OS. The van der Waals surface area contributed by atoms with E-state index in [4.69, 9.17) is 5.73 Å². The zero-order valence-corrected chi connectivity index (χ0v) is 12.3. The number of hydrogen-bond donors (Lipinski definition) is 2. The molecule has 0 aromatic rings. The fraction of sp³-hybridized carbons (Fsp3) is 0.833. The maximum Gasteiger partial charge on any atom is 0.227 e. The summed E-state index contributed by atoms with van der Waals surface area (Å²) in [5.74, 6) is 2.77. The van der Waals surface area contributed by atoms with Gasteiger partial charge >= 0.3 is 0 Å². The van der Waals surface area contributed by atoms with Crippen LogP contribution in [0, 0.1) is 5.41 Å². The smallest absolute Gasteiger partial charge is 0.227 e. The second kappa shape index (κ2) is 6.87. The molecule has 1 aliphatic rings. The number of nitrogens with one attached hydrogen (secondary N) is 1. The molecule has 0 bridgehead atoms. The minimum Gasteiger partial charge on any atom is -0.370 e. The van der Waals surface area contributed by atoms with Crippen molar-refractivity contribution in [3.05, 3.63) is 0 Å². The lowest BCUT2D eigenvalue weighted by atomic mass is 9.92. The molecule has 1 aliphatic heterocycles. The minimum absolute atomic E-state index is 0.0238. The number of aliphatic imine (C=N–C) groups is 1. The number of rotatable bonds is 4. The van der Waals surface area contributed by atoms with Gasteiger partial charge in [-0.25, -0.2) is 0 Å². The number of carbonyl (C=O) groups excluding carboxylic acids is 1. The second-order valence-electron chi connectivity index (χ2n) is 5.02. The predicted octanol–water partition coefficient (Wildman–Crippen LogP) is 0.512. The highest BCUT2D eigenvalue weighted by Crippen LogP contribution is 2.16. The minimum atomic E-state index is -0.509. The first-order valence-corrected chi connectivity index (χ1v) is 7.53. The highest BCUT2D eigenvalue weighted by molar-refractivity contribution is 7.99. The van der Waals surface area contributed by atoms with E-state index in [0.29, 0.717) is 19.0 Å². The zero-order chi connectivity index (χ0) is 13.6. The van der Waals surface area contributed by atoms with E-state index < -0.39 is 5.41 Å². The Balaban J connectivity index is 2.52. The molecule has 1 fully saturated rings. The van der Waals surface area contributed by atoms with Crippen molar-refractivity contribution in [1.29, 1.82) is 0 Å². The van der Waals surface area contributed by atoms with Gasteiger partial charge in [-0.05, 0) is 20.8 Å². The van der Waals surface area contributed by atoms with Gasteiger partial charge in [0, 0.05) is 31.1 Å². The molecule has 0 aromatic carbocycles. The van der Waals surface area contributed by atoms with Gasteiger partial charge in [-0.2, -0.15) is 11.8 Å². The average Bonchev–Trinajstić information content (AvgIpc) is 2.37. The van der Waals surface area contributed by atoms with Crippen molar-refractivity contribution >= 4 is 23.6 Å². The van der Waals surface area contributed by atoms with Gasteiger partial charge in [0.05, 0.1) is 12.0 Å². The third-order valence-corrected chi connectivity index (χ3v) is 3.87. The van der Waals surface area contributed by atoms with Gasteiger partial charge in [-0.3, -0.25) is 9.79 Å². The van der Waals surface area contributed by atoms with Crippen molar-refractivity contribution in [3.63, 3.8) is 0 Å². The van der Waals surface area contributed by atoms with E-state index in [1.165, 1.54) is 0 Å². The summed E-state index contributed by atoms with van der Waals surface area (Å²) in [5, 5.41) is 2.82. The summed E-state index contributed by atoms with van der Waals surface area (Å²) in [6.07, 6.45) is 0. The van der Waals surface area contributed by atoms with Gasteiger partial charge in [-0.1, -0.05) is 0 Å². The Morgan fingerprint density at radius 1 is 1.44 bits per heavy atom. The summed E-state index contributed by atoms with van der Waals surface area (Å²) in [7, 11) is 0. The molecule has 1 saturated heterocycles. The van der Waals surface area contributed by atoms with Crippen LogP contribution in [0.25, 0.3) is 0 Å². The van der Waals surface area contributed by atoms with Crippen LogP contribution >= 0.6 is 11.8 Å². The molecule has 6 heteroatoms. The third-order valence-electron chi connectivity index (χ3n) is 2.92. The van der Waals surface area contributed by atoms with Gasteiger partial charge in [0.15, 0.2) is 5.96 Å². The molecule has 0 atom stereocenters. The Morgan fingerprint density at radius 2 is 2.06 bits per heavy atom. The van der Waals surface area contributed by atoms with Crippen molar-refractivity contribution < 1.29 is 4.79 Å². The molecule has 0 aromatic heterocycles. The van der Waals surface area contributed by atoms with Gasteiger partial charge in [-0.15, -0.1) is 0 Å². The van der Waals surface area contributed by atoms with Gasteiger partial charge in [0.25, 0.3) is 0 Å². The summed E-state index contributed by atoms with van der Waals surface area (Å²) >= 11 is 1.93. The molecule has 0 unspecified atom stereocenters. The molecule has 104 valence electrons. The summed E-state index contributed by atoms with van der Waals surface area (Å²) in [6.45, 7) is 8.65. The van der Waals surface area contributed by atoms with Crippen LogP contribution in [-0.2, 0) is 4.79 Å². The van der Waals surface area contributed by atoms with Crippen molar-refractivity contribution in [2.45, 2.75) is 20.8 Å². The molecule has 1 heterocycles.